The summed E-state index contributed by atoms with van der Waals surface area (Å²) in [6.07, 6.45) is 101. The molecule has 1 heteroatoms. The first-order valence-corrected chi connectivity index (χ1v) is 34.6. The molecule has 432 valence electrons. The Bertz CT molecular complexity index is 997. The molecule has 0 aliphatic rings. The van der Waals surface area contributed by atoms with Gasteiger partial charge < -0.3 is 4.74 Å². The number of rotatable bonds is 64. The molecule has 1 nitrogen and oxygen atoms in total. The Hall–Kier alpha value is -1.08. The molecule has 2 atom stereocenters. The van der Waals surface area contributed by atoms with Gasteiger partial charge in [-0.05, 0) is 89.9 Å². The predicted octanol–water partition coefficient (Wildman–Crippen LogP) is 26.7. The summed E-state index contributed by atoms with van der Waals surface area (Å²) in [4.78, 5) is 0. The smallest absolute Gasteiger partial charge is 0.0763 e. The number of unbranched alkanes of at least 4 members (excludes halogenated alkanes) is 50. The highest BCUT2D eigenvalue weighted by molar-refractivity contribution is 4.95. The molecule has 0 saturated heterocycles. The van der Waals surface area contributed by atoms with Crippen LogP contribution < -0.4 is 0 Å². The average molecular weight is 1020 g/mol. The molecule has 0 aliphatic carbocycles. The molecule has 0 rings (SSSR count). The fraction of sp³-hybridized carbons (Fsp3) is 0.889. The van der Waals surface area contributed by atoms with Crippen LogP contribution in [0.3, 0.4) is 0 Å². The molecule has 0 aromatic rings. The number of ether oxygens (including phenoxy) is 1. The van der Waals surface area contributed by atoms with Gasteiger partial charge in [0.15, 0.2) is 0 Å². The Labute approximate surface area is 463 Å². The van der Waals surface area contributed by atoms with E-state index in [0.29, 0.717) is 0 Å². The molecule has 0 saturated carbocycles. The van der Waals surface area contributed by atoms with E-state index in [-0.39, 0.29) is 12.2 Å². The highest BCUT2D eigenvalue weighted by atomic mass is 16.5. The van der Waals surface area contributed by atoms with E-state index < -0.39 is 0 Å². The van der Waals surface area contributed by atoms with Crippen LogP contribution in [0.4, 0.5) is 0 Å². The fourth-order valence-electron chi connectivity index (χ4n) is 10.9. The lowest BCUT2D eigenvalue weighted by Crippen LogP contribution is -2.19. The van der Waals surface area contributed by atoms with E-state index in [2.05, 4.69) is 76.3 Å². The lowest BCUT2D eigenvalue weighted by atomic mass is 10.0. The minimum atomic E-state index is 0.260. The zero-order chi connectivity index (χ0) is 52.5. The lowest BCUT2D eigenvalue weighted by Gasteiger charge is -2.21. The van der Waals surface area contributed by atoms with Crippen molar-refractivity contribution < 1.29 is 4.74 Å². The third kappa shape index (κ3) is 63.4. The maximum Gasteiger partial charge on any atom is 0.0763 e. The van der Waals surface area contributed by atoms with Crippen LogP contribution in [-0.2, 0) is 4.74 Å². The Morgan fingerprint density at radius 1 is 0.192 bits per heavy atom. The first kappa shape index (κ1) is 71.9. The SMILES string of the molecule is CCCCCCCC/C=C\CCCCCCCC(C=CCCCCCCCCCCCCCCCC)OC(C=CCCCCCCCCCCCCCCCC)CCCCCCC/C=C\CCCCCCCC. The fourth-order valence-corrected chi connectivity index (χ4v) is 10.9. The van der Waals surface area contributed by atoms with Crippen molar-refractivity contribution in [2.75, 3.05) is 0 Å². The van der Waals surface area contributed by atoms with Crippen LogP contribution in [-0.4, -0.2) is 12.2 Å². The monoisotopic (exact) mass is 1020 g/mol. The summed E-state index contributed by atoms with van der Waals surface area (Å²) >= 11 is 0. The zero-order valence-electron chi connectivity index (χ0n) is 51.2. The van der Waals surface area contributed by atoms with Gasteiger partial charge in [0.05, 0.1) is 12.2 Å². The minimum absolute atomic E-state index is 0.260. The molecule has 0 spiro atoms. The second-order valence-corrected chi connectivity index (χ2v) is 23.6. The summed E-state index contributed by atoms with van der Waals surface area (Å²) in [5, 5.41) is 0. The molecule has 0 heterocycles. The van der Waals surface area contributed by atoms with Crippen molar-refractivity contribution in [3.05, 3.63) is 48.6 Å². The third-order valence-corrected chi connectivity index (χ3v) is 16.0. The Balaban J connectivity index is 5.05. The molecule has 0 aromatic carbocycles. The van der Waals surface area contributed by atoms with Crippen molar-refractivity contribution in [3.8, 4) is 0 Å². The number of hydrogen-bond acceptors (Lipinski definition) is 1. The van der Waals surface area contributed by atoms with Crippen LogP contribution in [0.25, 0.3) is 0 Å². The Kier molecular flexibility index (Phi) is 66.0. The van der Waals surface area contributed by atoms with E-state index in [0.717, 1.165) is 0 Å². The van der Waals surface area contributed by atoms with Gasteiger partial charge in [0, 0.05) is 0 Å². The molecule has 0 fully saturated rings. The largest absolute Gasteiger partial charge is 0.367 e. The summed E-state index contributed by atoms with van der Waals surface area (Å²) in [5.74, 6) is 0. The van der Waals surface area contributed by atoms with Crippen LogP contribution in [0, 0.1) is 0 Å². The van der Waals surface area contributed by atoms with Gasteiger partial charge in [-0.25, -0.2) is 0 Å². The maximum absolute atomic E-state index is 7.15. The quantitative estimate of drug-likeness (QED) is 0.0436. The predicted molar refractivity (Wildman–Crippen MR) is 336 cm³/mol. The standard InChI is InChI=1S/C72H138O/c1-5-9-13-17-21-25-29-33-37-41-45-49-53-57-61-65-69-71(67-63-59-55-51-47-43-39-35-31-27-23-19-15-11-7-3)73-72(68-64-60-56-52-48-44-40-36-32-28-24-20-16-12-8-4)70-66-62-58-54-50-46-42-38-34-30-26-22-18-14-10-6-2/h35-36,39-40,65-66,69-72H,5-34,37-38,41-64,67-68H2,1-4H3/b39-35-,40-36-,69-65?,70-66?. The molecule has 0 radical (unpaired) electrons. The van der Waals surface area contributed by atoms with Crippen molar-refractivity contribution in [1.29, 1.82) is 0 Å². The van der Waals surface area contributed by atoms with Crippen molar-refractivity contribution in [2.24, 2.45) is 0 Å². The molecule has 0 aliphatic heterocycles. The molecule has 2 unspecified atom stereocenters. The molecule has 0 amide bonds. The van der Waals surface area contributed by atoms with Crippen LogP contribution in [0.2, 0.25) is 0 Å². The highest BCUT2D eigenvalue weighted by Gasteiger charge is 2.13. The number of allylic oxidation sites excluding steroid dienone is 6. The molecular formula is C72H138O. The van der Waals surface area contributed by atoms with E-state index in [1.54, 1.807) is 0 Å². The molecule has 0 bridgehead atoms. The van der Waals surface area contributed by atoms with E-state index >= 15 is 0 Å². The van der Waals surface area contributed by atoms with E-state index in [4.69, 9.17) is 4.74 Å². The first-order chi connectivity index (χ1) is 36.3. The minimum Gasteiger partial charge on any atom is -0.367 e. The van der Waals surface area contributed by atoms with E-state index in [9.17, 15) is 0 Å². The Morgan fingerprint density at radius 2 is 0.356 bits per heavy atom. The Morgan fingerprint density at radius 3 is 0.562 bits per heavy atom. The molecule has 73 heavy (non-hydrogen) atoms. The van der Waals surface area contributed by atoms with Crippen molar-refractivity contribution in [2.45, 2.75) is 412 Å². The van der Waals surface area contributed by atoms with E-state index in [1.165, 1.54) is 372 Å². The highest BCUT2D eigenvalue weighted by Crippen LogP contribution is 2.21. The van der Waals surface area contributed by atoms with Gasteiger partial charge in [-0.3, -0.25) is 0 Å². The summed E-state index contributed by atoms with van der Waals surface area (Å²) in [6.45, 7) is 9.26. The average Bonchev–Trinajstić information content (AvgIpc) is 3.40. The molecular weight excluding hydrogens is 881 g/mol. The summed E-state index contributed by atoms with van der Waals surface area (Å²) in [6, 6.07) is 0. The van der Waals surface area contributed by atoms with Gasteiger partial charge in [0.2, 0.25) is 0 Å². The van der Waals surface area contributed by atoms with Crippen LogP contribution in [0.5, 0.6) is 0 Å². The second kappa shape index (κ2) is 67.0. The molecule has 0 aromatic heterocycles. The topological polar surface area (TPSA) is 9.23 Å². The normalized spacial score (nSPS) is 13.1. The van der Waals surface area contributed by atoms with Crippen molar-refractivity contribution in [1.82, 2.24) is 0 Å². The lowest BCUT2D eigenvalue weighted by molar-refractivity contribution is 0.0292. The zero-order valence-corrected chi connectivity index (χ0v) is 51.2. The van der Waals surface area contributed by atoms with Gasteiger partial charge in [-0.15, -0.1) is 0 Å². The van der Waals surface area contributed by atoms with Gasteiger partial charge in [-0.1, -0.05) is 359 Å². The summed E-state index contributed by atoms with van der Waals surface area (Å²) in [7, 11) is 0. The van der Waals surface area contributed by atoms with Crippen molar-refractivity contribution >= 4 is 0 Å². The van der Waals surface area contributed by atoms with Crippen LogP contribution in [0.1, 0.15) is 400 Å². The van der Waals surface area contributed by atoms with Gasteiger partial charge in [-0.2, -0.15) is 0 Å². The van der Waals surface area contributed by atoms with Gasteiger partial charge >= 0.3 is 0 Å². The maximum atomic E-state index is 7.15. The first-order valence-electron chi connectivity index (χ1n) is 34.6. The molecule has 0 N–H and O–H groups in total. The second-order valence-electron chi connectivity index (χ2n) is 23.6. The van der Waals surface area contributed by atoms with Gasteiger partial charge in [0.1, 0.15) is 0 Å². The number of hydrogen-bond donors (Lipinski definition) is 0. The summed E-state index contributed by atoms with van der Waals surface area (Å²) < 4.78 is 7.15. The van der Waals surface area contributed by atoms with Gasteiger partial charge in [0.25, 0.3) is 0 Å². The van der Waals surface area contributed by atoms with Crippen LogP contribution in [0.15, 0.2) is 48.6 Å². The van der Waals surface area contributed by atoms with E-state index in [1.807, 2.05) is 0 Å². The van der Waals surface area contributed by atoms with Crippen LogP contribution >= 0.6 is 0 Å². The van der Waals surface area contributed by atoms with Crippen molar-refractivity contribution in [3.63, 3.8) is 0 Å². The summed E-state index contributed by atoms with van der Waals surface area (Å²) in [5.41, 5.74) is 0. The third-order valence-electron chi connectivity index (χ3n) is 16.0.